The van der Waals surface area contributed by atoms with Crippen molar-refractivity contribution >= 4 is 21.8 Å². The number of nitrogens with zero attached hydrogens (tertiary/aromatic N) is 1. The fourth-order valence-corrected chi connectivity index (χ4v) is 1.98. The Hall–Kier alpha value is -1.35. The number of alkyl halides is 3. The summed E-state index contributed by atoms with van der Waals surface area (Å²) in [7, 11) is 1.36. The molecule has 0 fully saturated rings. The summed E-state index contributed by atoms with van der Waals surface area (Å²) < 4.78 is 42.7. The number of aliphatic hydroxyl groups is 1. The third kappa shape index (κ3) is 4.07. The zero-order valence-electron chi connectivity index (χ0n) is 11.5. The van der Waals surface area contributed by atoms with Crippen LogP contribution in [-0.2, 0) is 0 Å². The van der Waals surface area contributed by atoms with Gasteiger partial charge < -0.3 is 15.2 Å². The molecule has 2 N–H and O–H groups in total. The monoisotopic (exact) mass is 370 g/mol. The van der Waals surface area contributed by atoms with Gasteiger partial charge in [0.05, 0.1) is 13.7 Å². The highest BCUT2D eigenvalue weighted by atomic mass is 79.9. The van der Waals surface area contributed by atoms with Crippen LogP contribution < -0.4 is 10.1 Å². The number of halogens is 4. The molecule has 0 unspecified atom stereocenters. The van der Waals surface area contributed by atoms with Crippen LogP contribution in [0.5, 0.6) is 5.88 Å². The number of rotatable bonds is 4. The molecule has 0 spiro atoms. The molecule has 1 rings (SSSR count). The first kappa shape index (κ1) is 17.7. The van der Waals surface area contributed by atoms with E-state index in [1.165, 1.54) is 7.11 Å². The lowest BCUT2D eigenvalue weighted by atomic mass is 10.1. The van der Waals surface area contributed by atoms with Crippen LogP contribution in [0.2, 0.25) is 0 Å². The number of methoxy groups -OCH3 is 1. The summed E-state index contributed by atoms with van der Waals surface area (Å²) in [5.41, 5.74) is -2.50. The van der Waals surface area contributed by atoms with E-state index in [-0.39, 0.29) is 11.6 Å². The van der Waals surface area contributed by atoms with Gasteiger partial charge in [-0.15, -0.1) is 0 Å². The Balaban J connectivity index is 2.91. The Morgan fingerprint density at radius 3 is 2.57 bits per heavy atom. The van der Waals surface area contributed by atoms with E-state index in [1.54, 1.807) is 13.0 Å². The molecule has 0 bridgehead atoms. The van der Waals surface area contributed by atoms with Gasteiger partial charge in [0.15, 0.2) is 5.60 Å². The van der Waals surface area contributed by atoms with E-state index >= 15 is 0 Å². The molecule has 5 nitrogen and oxygen atoms in total. The molecule has 1 aromatic rings. The summed E-state index contributed by atoms with van der Waals surface area (Å²) in [6, 6.07) is 1.56. The van der Waals surface area contributed by atoms with E-state index in [0.29, 0.717) is 17.0 Å². The maximum atomic E-state index is 12.5. The Morgan fingerprint density at radius 2 is 2.10 bits per heavy atom. The number of carbonyl (C=O) groups excluding carboxylic acids is 1. The fourth-order valence-electron chi connectivity index (χ4n) is 1.37. The van der Waals surface area contributed by atoms with Gasteiger partial charge in [0, 0.05) is 10.0 Å². The van der Waals surface area contributed by atoms with Gasteiger partial charge in [0.25, 0.3) is 5.91 Å². The lowest BCUT2D eigenvalue weighted by molar-refractivity contribution is -0.249. The van der Waals surface area contributed by atoms with Crippen LogP contribution in [0, 0.1) is 6.92 Å². The van der Waals surface area contributed by atoms with Crippen LogP contribution in [0.3, 0.4) is 0 Å². The maximum Gasteiger partial charge on any atom is 0.418 e. The minimum atomic E-state index is -4.85. The predicted octanol–water partition coefficient (Wildman–Crippen LogP) is 2.20. The molecule has 118 valence electrons. The van der Waals surface area contributed by atoms with Crippen molar-refractivity contribution in [2.75, 3.05) is 13.7 Å². The number of aryl methyl sites for hydroxylation is 1. The van der Waals surface area contributed by atoms with Crippen molar-refractivity contribution in [1.29, 1.82) is 0 Å². The first-order valence-electron chi connectivity index (χ1n) is 5.78. The molecule has 1 amide bonds. The average Bonchev–Trinajstić information content (AvgIpc) is 2.35. The van der Waals surface area contributed by atoms with E-state index in [0.717, 1.165) is 0 Å². The van der Waals surface area contributed by atoms with Crippen LogP contribution in [-0.4, -0.2) is 41.4 Å². The van der Waals surface area contributed by atoms with Gasteiger partial charge in [-0.2, -0.15) is 13.2 Å². The Bertz CT molecular complexity index is 547. The number of amides is 1. The number of nitrogens with one attached hydrogen (secondary N) is 1. The fraction of sp³-hybridized carbons (Fsp3) is 0.500. The highest BCUT2D eigenvalue weighted by Gasteiger charge is 2.50. The van der Waals surface area contributed by atoms with Crippen molar-refractivity contribution in [3.8, 4) is 5.88 Å². The predicted molar refractivity (Wildman–Crippen MR) is 72.2 cm³/mol. The number of pyridine rings is 1. The number of hydrogen-bond acceptors (Lipinski definition) is 4. The summed E-state index contributed by atoms with van der Waals surface area (Å²) in [6.45, 7) is 1.29. The van der Waals surface area contributed by atoms with Gasteiger partial charge in [-0.25, -0.2) is 4.98 Å². The van der Waals surface area contributed by atoms with E-state index < -0.39 is 24.2 Å². The van der Waals surface area contributed by atoms with Gasteiger partial charge in [0.1, 0.15) is 5.69 Å². The molecule has 0 aliphatic carbocycles. The average molecular weight is 371 g/mol. The largest absolute Gasteiger partial charge is 0.481 e. The molecule has 0 aliphatic rings. The van der Waals surface area contributed by atoms with Gasteiger partial charge >= 0.3 is 6.18 Å². The molecule has 21 heavy (non-hydrogen) atoms. The Kier molecular flexibility index (Phi) is 5.21. The number of ether oxygens (including phenoxy) is 1. The molecule has 9 heteroatoms. The Morgan fingerprint density at radius 1 is 1.52 bits per heavy atom. The summed E-state index contributed by atoms with van der Waals surface area (Å²) >= 11 is 3.11. The standard InChI is InChI=1S/C12H14BrF3N2O3/c1-6-4-7(13)8(18-10(6)21-3)9(19)17-5-11(2,20)12(14,15)16/h4,20H,5H2,1-3H3,(H,17,19)/t11-/m0/s1. The number of carbonyl (C=O) groups is 1. The second kappa shape index (κ2) is 6.18. The third-order valence-corrected chi connectivity index (χ3v) is 3.34. The molecule has 0 radical (unpaired) electrons. The lowest BCUT2D eigenvalue weighted by Gasteiger charge is -2.26. The second-order valence-electron chi connectivity index (χ2n) is 4.60. The molecule has 0 aliphatic heterocycles. The molecular weight excluding hydrogens is 357 g/mol. The zero-order valence-corrected chi connectivity index (χ0v) is 13.1. The van der Waals surface area contributed by atoms with Crippen molar-refractivity contribution in [2.45, 2.75) is 25.6 Å². The van der Waals surface area contributed by atoms with Gasteiger partial charge in [-0.3, -0.25) is 4.79 Å². The van der Waals surface area contributed by atoms with Crippen LogP contribution in [0.1, 0.15) is 23.0 Å². The van der Waals surface area contributed by atoms with Crippen molar-refractivity contribution in [2.24, 2.45) is 0 Å². The number of aromatic nitrogens is 1. The normalized spacial score (nSPS) is 14.5. The molecule has 0 saturated carbocycles. The zero-order chi connectivity index (χ0) is 16.4. The molecular formula is C12H14BrF3N2O3. The molecule has 1 heterocycles. The topological polar surface area (TPSA) is 71.5 Å². The minimum Gasteiger partial charge on any atom is -0.481 e. The summed E-state index contributed by atoms with van der Waals surface area (Å²) in [6.07, 6.45) is -4.85. The first-order valence-corrected chi connectivity index (χ1v) is 6.57. The summed E-state index contributed by atoms with van der Waals surface area (Å²) in [4.78, 5) is 15.8. The van der Waals surface area contributed by atoms with Crippen LogP contribution >= 0.6 is 15.9 Å². The highest BCUT2D eigenvalue weighted by molar-refractivity contribution is 9.10. The van der Waals surface area contributed by atoms with Crippen molar-refractivity contribution in [3.63, 3.8) is 0 Å². The van der Waals surface area contributed by atoms with E-state index in [4.69, 9.17) is 4.74 Å². The SMILES string of the molecule is COc1nc(C(=O)NC[C@](C)(O)C(F)(F)F)c(Br)cc1C. The van der Waals surface area contributed by atoms with Crippen molar-refractivity contribution in [3.05, 3.63) is 21.8 Å². The molecule has 0 aromatic carbocycles. The van der Waals surface area contributed by atoms with Crippen molar-refractivity contribution < 1.29 is 27.8 Å². The maximum absolute atomic E-state index is 12.5. The van der Waals surface area contributed by atoms with Gasteiger partial charge in [-0.1, -0.05) is 0 Å². The third-order valence-electron chi connectivity index (χ3n) is 2.73. The quantitative estimate of drug-likeness (QED) is 0.852. The smallest absolute Gasteiger partial charge is 0.418 e. The minimum absolute atomic E-state index is 0.129. The summed E-state index contributed by atoms with van der Waals surface area (Å²) in [5.74, 6) is -0.671. The van der Waals surface area contributed by atoms with E-state index in [1.807, 2.05) is 5.32 Å². The van der Waals surface area contributed by atoms with Gasteiger partial charge in [0.2, 0.25) is 5.88 Å². The number of hydrogen-bond donors (Lipinski definition) is 2. The second-order valence-corrected chi connectivity index (χ2v) is 5.45. The Labute approximate surface area is 127 Å². The van der Waals surface area contributed by atoms with Crippen LogP contribution in [0.4, 0.5) is 13.2 Å². The molecule has 1 atom stereocenters. The van der Waals surface area contributed by atoms with E-state index in [2.05, 4.69) is 20.9 Å². The summed E-state index contributed by atoms with van der Waals surface area (Å²) in [5, 5.41) is 11.3. The van der Waals surface area contributed by atoms with Crippen molar-refractivity contribution in [1.82, 2.24) is 10.3 Å². The van der Waals surface area contributed by atoms with Crippen LogP contribution in [0.15, 0.2) is 10.5 Å². The highest BCUT2D eigenvalue weighted by Crippen LogP contribution is 2.29. The van der Waals surface area contributed by atoms with Crippen LogP contribution in [0.25, 0.3) is 0 Å². The first-order chi connectivity index (χ1) is 9.49. The molecule has 1 aromatic heterocycles. The lowest BCUT2D eigenvalue weighted by Crippen LogP contribution is -2.51. The van der Waals surface area contributed by atoms with E-state index in [9.17, 15) is 23.1 Å². The molecule has 0 saturated heterocycles. The van der Waals surface area contributed by atoms with Gasteiger partial charge in [-0.05, 0) is 35.8 Å².